The Bertz CT molecular complexity index is 959. The topological polar surface area (TPSA) is 93.5 Å². The molecule has 1 fully saturated rings. The molecule has 1 saturated heterocycles. The molecule has 144 valence electrons. The predicted molar refractivity (Wildman–Crippen MR) is 104 cm³/mol. The number of ether oxygens (including phenoxy) is 1. The monoisotopic (exact) mass is 379 g/mol. The van der Waals surface area contributed by atoms with Crippen LogP contribution in [-0.4, -0.2) is 36.6 Å². The molecular formula is C21H21N3O4. The van der Waals surface area contributed by atoms with Crippen molar-refractivity contribution in [3.8, 4) is 0 Å². The van der Waals surface area contributed by atoms with E-state index < -0.39 is 5.91 Å². The summed E-state index contributed by atoms with van der Waals surface area (Å²) in [5.74, 6) is -0.164. The fourth-order valence-corrected chi connectivity index (χ4v) is 3.24. The molecule has 0 unspecified atom stereocenters. The molecule has 1 aliphatic rings. The molecule has 7 heteroatoms. The zero-order valence-electron chi connectivity index (χ0n) is 15.3. The van der Waals surface area contributed by atoms with Crippen LogP contribution in [0, 0.1) is 5.92 Å². The fraction of sp³-hybridized carbons (Fsp3) is 0.286. The SMILES string of the molecule is O=C(Nc1cccnc1C(=O)NCC1CCOCC1)c1cc2ccccc2o1. The quantitative estimate of drug-likeness (QED) is 0.710. The highest BCUT2D eigenvalue weighted by Gasteiger charge is 2.20. The average Bonchev–Trinajstić information content (AvgIpc) is 3.18. The second kappa shape index (κ2) is 8.22. The lowest BCUT2D eigenvalue weighted by Gasteiger charge is -2.22. The molecule has 2 N–H and O–H groups in total. The Morgan fingerprint density at radius 1 is 1.07 bits per heavy atom. The van der Waals surface area contributed by atoms with Crippen molar-refractivity contribution in [3.63, 3.8) is 0 Å². The number of hydrogen-bond acceptors (Lipinski definition) is 5. The number of amides is 2. The van der Waals surface area contributed by atoms with Gasteiger partial charge in [0.15, 0.2) is 11.5 Å². The second-order valence-electron chi connectivity index (χ2n) is 6.77. The third kappa shape index (κ3) is 4.04. The smallest absolute Gasteiger partial charge is 0.291 e. The summed E-state index contributed by atoms with van der Waals surface area (Å²) in [5, 5.41) is 6.48. The Morgan fingerprint density at radius 2 is 1.89 bits per heavy atom. The Labute approximate surface area is 162 Å². The van der Waals surface area contributed by atoms with Gasteiger partial charge in [-0.3, -0.25) is 9.59 Å². The van der Waals surface area contributed by atoms with E-state index in [1.54, 1.807) is 24.3 Å². The predicted octanol–water partition coefficient (Wildman–Crippen LogP) is 3.24. The number of rotatable bonds is 5. The molecule has 4 rings (SSSR count). The Balaban J connectivity index is 1.45. The van der Waals surface area contributed by atoms with Gasteiger partial charge in [-0.05, 0) is 43.0 Å². The van der Waals surface area contributed by atoms with Crippen LogP contribution in [-0.2, 0) is 4.74 Å². The van der Waals surface area contributed by atoms with Gasteiger partial charge in [0.2, 0.25) is 0 Å². The van der Waals surface area contributed by atoms with Gasteiger partial charge >= 0.3 is 0 Å². The first-order valence-corrected chi connectivity index (χ1v) is 9.31. The molecule has 3 heterocycles. The lowest BCUT2D eigenvalue weighted by molar-refractivity contribution is 0.0642. The minimum atomic E-state index is -0.428. The van der Waals surface area contributed by atoms with Gasteiger partial charge in [0.05, 0.1) is 5.69 Å². The highest BCUT2D eigenvalue weighted by molar-refractivity contribution is 6.08. The van der Waals surface area contributed by atoms with Crippen molar-refractivity contribution in [1.82, 2.24) is 10.3 Å². The number of carbonyl (C=O) groups is 2. The zero-order valence-corrected chi connectivity index (χ0v) is 15.3. The Kier molecular flexibility index (Phi) is 5.34. The first kappa shape index (κ1) is 18.2. The lowest BCUT2D eigenvalue weighted by atomic mass is 10.0. The summed E-state index contributed by atoms with van der Waals surface area (Å²) in [6.45, 7) is 2.02. The van der Waals surface area contributed by atoms with Crippen LogP contribution >= 0.6 is 0 Å². The summed E-state index contributed by atoms with van der Waals surface area (Å²) >= 11 is 0. The standard InChI is InChI=1S/C21H21N3O4/c25-20(18-12-15-4-1-2-6-17(15)28-18)24-16-5-3-9-22-19(16)21(26)23-13-14-7-10-27-11-8-14/h1-6,9,12,14H,7-8,10-11,13H2,(H,23,26)(H,24,25). The van der Waals surface area contributed by atoms with Crippen molar-refractivity contribution >= 4 is 28.5 Å². The molecule has 0 saturated carbocycles. The molecule has 0 aliphatic carbocycles. The van der Waals surface area contributed by atoms with Gasteiger partial charge < -0.3 is 19.8 Å². The summed E-state index contributed by atoms with van der Waals surface area (Å²) < 4.78 is 10.9. The molecule has 3 aromatic rings. The van der Waals surface area contributed by atoms with E-state index in [4.69, 9.17) is 9.15 Å². The molecular weight excluding hydrogens is 358 g/mol. The maximum Gasteiger partial charge on any atom is 0.291 e. The van der Waals surface area contributed by atoms with Crippen LogP contribution in [0.15, 0.2) is 53.1 Å². The van der Waals surface area contributed by atoms with Crippen LogP contribution in [0.5, 0.6) is 0 Å². The molecule has 2 aromatic heterocycles. The van der Waals surface area contributed by atoms with Crippen molar-refractivity contribution in [1.29, 1.82) is 0 Å². The van der Waals surface area contributed by atoms with Crippen molar-refractivity contribution in [2.45, 2.75) is 12.8 Å². The van der Waals surface area contributed by atoms with Crippen LogP contribution in [0.25, 0.3) is 11.0 Å². The van der Waals surface area contributed by atoms with Gasteiger partial charge in [-0.15, -0.1) is 0 Å². The summed E-state index contributed by atoms with van der Waals surface area (Å²) in [6, 6.07) is 12.4. The first-order valence-electron chi connectivity index (χ1n) is 9.31. The number of pyridine rings is 1. The summed E-state index contributed by atoms with van der Waals surface area (Å²) in [6.07, 6.45) is 3.39. The fourth-order valence-electron chi connectivity index (χ4n) is 3.24. The zero-order chi connectivity index (χ0) is 19.3. The van der Waals surface area contributed by atoms with E-state index >= 15 is 0 Å². The molecule has 1 aromatic carbocycles. The average molecular weight is 379 g/mol. The number of furan rings is 1. The molecule has 2 amide bonds. The van der Waals surface area contributed by atoms with Gasteiger partial charge in [0, 0.05) is 31.3 Å². The largest absolute Gasteiger partial charge is 0.451 e. The van der Waals surface area contributed by atoms with E-state index in [0.29, 0.717) is 23.7 Å². The molecule has 0 spiro atoms. The summed E-state index contributed by atoms with van der Waals surface area (Å²) in [5.41, 5.74) is 1.16. The third-order valence-corrected chi connectivity index (χ3v) is 4.81. The van der Waals surface area contributed by atoms with Crippen LogP contribution in [0.1, 0.15) is 33.9 Å². The van der Waals surface area contributed by atoms with Crippen LogP contribution in [0.3, 0.4) is 0 Å². The summed E-state index contributed by atoms with van der Waals surface area (Å²) in [7, 11) is 0. The van der Waals surface area contributed by atoms with Gasteiger partial charge in [-0.1, -0.05) is 18.2 Å². The van der Waals surface area contributed by atoms with Gasteiger partial charge in [-0.2, -0.15) is 0 Å². The molecule has 0 bridgehead atoms. The van der Waals surface area contributed by atoms with Crippen molar-refractivity contribution < 1.29 is 18.7 Å². The van der Waals surface area contributed by atoms with Crippen LogP contribution < -0.4 is 10.6 Å². The Morgan fingerprint density at radius 3 is 2.71 bits per heavy atom. The van der Waals surface area contributed by atoms with E-state index in [0.717, 1.165) is 31.4 Å². The second-order valence-corrected chi connectivity index (χ2v) is 6.77. The minimum absolute atomic E-state index is 0.179. The number of nitrogens with zero attached hydrogens (tertiary/aromatic N) is 1. The van der Waals surface area contributed by atoms with Crippen LogP contribution in [0.2, 0.25) is 0 Å². The maximum atomic E-state index is 12.6. The number of benzene rings is 1. The Hall–Kier alpha value is -3.19. The van der Waals surface area contributed by atoms with E-state index in [2.05, 4.69) is 15.6 Å². The van der Waals surface area contributed by atoms with Crippen molar-refractivity contribution in [3.05, 3.63) is 60.1 Å². The number of hydrogen-bond donors (Lipinski definition) is 2. The highest BCUT2D eigenvalue weighted by atomic mass is 16.5. The third-order valence-electron chi connectivity index (χ3n) is 4.81. The van der Waals surface area contributed by atoms with Gasteiger partial charge in [0.25, 0.3) is 11.8 Å². The van der Waals surface area contributed by atoms with E-state index in [1.165, 1.54) is 6.20 Å². The number of para-hydroxylation sites is 1. The van der Waals surface area contributed by atoms with Crippen LogP contribution in [0.4, 0.5) is 5.69 Å². The number of nitrogens with one attached hydrogen (secondary N) is 2. The number of aromatic nitrogens is 1. The minimum Gasteiger partial charge on any atom is -0.451 e. The first-order chi connectivity index (χ1) is 13.7. The molecule has 0 radical (unpaired) electrons. The number of carbonyl (C=O) groups excluding carboxylic acids is 2. The van der Waals surface area contributed by atoms with E-state index in [1.807, 2.05) is 18.2 Å². The maximum absolute atomic E-state index is 12.6. The van der Waals surface area contributed by atoms with Gasteiger partial charge in [0.1, 0.15) is 5.58 Å². The number of anilines is 1. The molecule has 0 atom stereocenters. The molecule has 1 aliphatic heterocycles. The van der Waals surface area contributed by atoms with Crippen molar-refractivity contribution in [2.75, 3.05) is 25.1 Å². The molecule has 28 heavy (non-hydrogen) atoms. The highest BCUT2D eigenvalue weighted by Crippen LogP contribution is 2.21. The van der Waals surface area contributed by atoms with Gasteiger partial charge in [-0.25, -0.2) is 4.98 Å². The normalized spacial score (nSPS) is 14.7. The number of fused-ring (bicyclic) bond motifs is 1. The van der Waals surface area contributed by atoms with E-state index in [9.17, 15) is 9.59 Å². The lowest BCUT2D eigenvalue weighted by Crippen LogP contribution is -2.33. The van der Waals surface area contributed by atoms with Crippen molar-refractivity contribution in [2.24, 2.45) is 5.92 Å². The summed E-state index contributed by atoms with van der Waals surface area (Å²) in [4.78, 5) is 29.3. The molecule has 7 nitrogen and oxygen atoms in total. The van der Waals surface area contributed by atoms with E-state index in [-0.39, 0.29) is 17.4 Å².